The number of hydrogen-bond acceptors (Lipinski definition) is 3. The second-order valence-electron chi connectivity index (χ2n) is 3.31. The Bertz CT molecular complexity index is 205. The van der Waals surface area contributed by atoms with Crippen molar-refractivity contribution >= 4 is 0 Å². The highest BCUT2D eigenvalue weighted by Crippen LogP contribution is 2.43. The average Bonchev–Trinajstić information content (AvgIpc) is 2.55. The Balaban J connectivity index is 2.01. The molecule has 0 aromatic carbocycles. The molecule has 2 fully saturated rings. The molecule has 3 nitrogen and oxygen atoms in total. The summed E-state index contributed by atoms with van der Waals surface area (Å²) in [6.07, 6.45) is 2.06. The van der Waals surface area contributed by atoms with E-state index in [0.717, 1.165) is 19.4 Å². The minimum absolute atomic E-state index is 0.159. The van der Waals surface area contributed by atoms with Gasteiger partial charge in [0, 0.05) is 6.61 Å². The molecule has 0 radical (unpaired) electrons. The molecular weight excluding hydrogens is 142 g/mol. The third-order valence-corrected chi connectivity index (χ3v) is 2.52. The van der Waals surface area contributed by atoms with Crippen molar-refractivity contribution in [3.63, 3.8) is 0 Å². The van der Waals surface area contributed by atoms with Crippen molar-refractivity contribution < 1.29 is 9.47 Å². The highest BCUT2D eigenvalue weighted by Gasteiger charge is 2.59. The van der Waals surface area contributed by atoms with Crippen molar-refractivity contribution in [2.24, 2.45) is 0 Å². The number of ether oxygens (including phenoxy) is 2. The summed E-state index contributed by atoms with van der Waals surface area (Å²) in [6.45, 7) is 2.78. The molecule has 0 bridgehead atoms. The molecule has 2 saturated heterocycles. The van der Waals surface area contributed by atoms with Gasteiger partial charge in [-0.05, 0) is 19.8 Å². The van der Waals surface area contributed by atoms with Crippen LogP contribution in [0.4, 0.5) is 0 Å². The van der Waals surface area contributed by atoms with Crippen LogP contribution in [-0.2, 0) is 9.47 Å². The summed E-state index contributed by atoms with van der Waals surface area (Å²) < 4.78 is 10.7. The van der Waals surface area contributed by atoms with Crippen LogP contribution >= 0.6 is 0 Å². The van der Waals surface area contributed by atoms with Crippen molar-refractivity contribution in [2.45, 2.75) is 37.6 Å². The molecule has 0 spiro atoms. The van der Waals surface area contributed by atoms with E-state index in [1.807, 2.05) is 6.92 Å². The second kappa shape index (κ2) is 2.20. The van der Waals surface area contributed by atoms with E-state index in [9.17, 15) is 0 Å². The molecule has 2 aliphatic rings. The van der Waals surface area contributed by atoms with Gasteiger partial charge >= 0.3 is 0 Å². The first-order valence-electron chi connectivity index (χ1n) is 3.96. The monoisotopic (exact) mass is 153 g/mol. The lowest BCUT2D eigenvalue weighted by Crippen LogP contribution is -2.27. The number of rotatable bonds is 1. The Morgan fingerprint density at radius 1 is 1.64 bits per heavy atom. The number of epoxide rings is 1. The van der Waals surface area contributed by atoms with Crippen molar-refractivity contribution in [1.82, 2.24) is 0 Å². The minimum Gasteiger partial charge on any atom is -0.375 e. The molecule has 0 amide bonds. The van der Waals surface area contributed by atoms with Crippen LogP contribution in [0, 0.1) is 11.3 Å². The molecule has 0 saturated carbocycles. The summed E-state index contributed by atoms with van der Waals surface area (Å²) >= 11 is 0. The number of nitriles is 1. The SMILES string of the molecule is CC1(C2CCCO2)OC1C#N. The second-order valence-corrected chi connectivity index (χ2v) is 3.31. The Hall–Kier alpha value is -0.590. The van der Waals surface area contributed by atoms with Gasteiger partial charge in [0.2, 0.25) is 0 Å². The molecule has 3 heteroatoms. The largest absolute Gasteiger partial charge is 0.375 e. The normalized spacial score (nSPS) is 48.7. The predicted molar refractivity (Wildman–Crippen MR) is 37.9 cm³/mol. The molecule has 0 aromatic rings. The summed E-state index contributed by atoms with van der Waals surface area (Å²) in [5.41, 5.74) is -0.286. The van der Waals surface area contributed by atoms with Gasteiger partial charge in [0.15, 0.2) is 6.10 Å². The number of nitrogens with zero attached hydrogens (tertiary/aromatic N) is 1. The molecule has 3 unspecified atom stereocenters. The van der Waals surface area contributed by atoms with E-state index in [2.05, 4.69) is 6.07 Å². The summed E-state index contributed by atoms with van der Waals surface area (Å²) in [4.78, 5) is 0. The zero-order valence-electron chi connectivity index (χ0n) is 6.54. The fourth-order valence-corrected chi connectivity index (χ4v) is 1.65. The van der Waals surface area contributed by atoms with E-state index < -0.39 is 0 Å². The summed E-state index contributed by atoms with van der Waals surface area (Å²) in [6, 6.07) is 2.10. The maximum atomic E-state index is 8.57. The standard InChI is InChI=1S/C8H11NO2/c1-8(7(5-9)11-8)6-3-2-4-10-6/h6-7H,2-4H2,1H3. The fraction of sp³-hybridized carbons (Fsp3) is 0.875. The molecule has 60 valence electrons. The first-order chi connectivity index (χ1) is 5.27. The van der Waals surface area contributed by atoms with Crippen LogP contribution in [0.15, 0.2) is 0 Å². The Kier molecular flexibility index (Phi) is 1.41. The Labute approximate surface area is 65.9 Å². The molecule has 0 aromatic heterocycles. The van der Waals surface area contributed by atoms with E-state index >= 15 is 0 Å². The third kappa shape index (κ3) is 0.943. The van der Waals surface area contributed by atoms with Gasteiger partial charge in [0.05, 0.1) is 12.2 Å². The Morgan fingerprint density at radius 3 is 2.91 bits per heavy atom. The molecule has 2 heterocycles. The summed E-state index contributed by atoms with van der Waals surface area (Å²) in [7, 11) is 0. The van der Waals surface area contributed by atoms with Crippen LogP contribution in [0.1, 0.15) is 19.8 Å². The van der Waals surface area contributed by atoms with E-state index in [0.29, 0.717) is 0 Å². The smallest absolute Gasteiger partial charge is 0.176 e. The van der Waals surface area contributed by atoms with E-state index in [4.69, 9.17) is 14.7 Å². The lowest BCUT2D eigenvalue weighted by molar-refractivity contribution is 0.0486. The average molecular weight is 153 g/mol. The fourth-order valence-electron chi connectivity index (χ4n) is 1.65. The van der Waals surface area contributed by atoms with Crippen LogP contribution < -0.4 is 0 Å². The highest BCUT2D eigenvalue weighted by atomic mass is 16.6. The van der Waals surface area contributed by atoms with E-state index in [1.165, 1.54) is 0 Å². The molecule has 3 atom stereocenters. The van der Waals surface area contributed by atoms with Gasteiger partial charge in [0.1, 0.15) is 5.60 Å². The van der Waals surface area contributed by atoms with Crippen molar-refractivity contribution in [1.29, 1.82) is 5.26 Å². The van der Waals surface area contributed by atoms with Crippen LogP contribution in [0.2, 0.25) is 0 Å². The van der Waals surface area contributed by atoms with Crippen molar-refractivity contribution in [2.75, 3.05) is 6.61 Å². The van der Waals surface area contributed by atoms with Gasteiger partial charge in [-0.3, -0.25) is 0 Å². The zero-order valence-corrected chi connectivity index (χ0v) is 6.54. The Morgan fingerprint density at radius 2 is 2.45 bits per heavy atom. The quantitative estimate of drug-likeness (QED) is 0.524. The third-order valence-electron chi connectivity index (χ3n) is 2.52. The van der Waals surface area contributed by atoms with Crippen LogP contribution in [0.25, 0.3) is 0 Å². The van der Waals surface area contributed by atoms with E-state index in [1.54, 1.807) is 0 Å². The molecule has 2 aliphatic heterocycles. The molecular formula is C8H11NO2. The maximum absolute atomic E-state index is 8.57. The van der Waals surface area contributed by atoms with Gasteiger partial charge in [-0.25, -0.2) is 0 Å². The maximum Gasteiger partial charge on any atom is 0.176 e. The lowest BCUT2D eigenvalue weighted by Gasteiger charge is -2.12. The van der Waals surface area contributed by atoms with Crippen molar-refractivity contribution in [3.05, 3.63) is 0 Å². The van der Waals surface area contributed by atoms with Gasteiger partial charge in [-0.15, -0.1) is 0 Å². The van der Waals surface area contributed by atoms with Crippen molar-refractivity contribution in [3.8, 4) is 6.07 Å². The highest BCUT2D eigenvalue weighted by molar-refractivity contribution is 5.15. The molecule has 0 N–H and O–H groups in total. The lowest BCUT2D eigenvalue weighted by atomic mass is 9.99. The van der Waals surface area contributed by atoms with Gasteiger partial charge in [-0.1, -0.05) is 0 Å². The zero-order chi connectivity index (χ0) is 7.90. The first kappa shape index (κ1) is 7.08. The van der Waals surface area contributed by atoms with Crippen LogP contribution in [-0.4, -0.2) is 24.4 Å². The predicted octanol–water partition coefficient (Wildman–Crippen LogP) is 0.846. The van der Waals surface area contributed by atoms with E-state index in [-0.39, 0.29) is 17.8 Å². The van der Waals surface area contributed by atoms with Gasteiger partial charge in [-0.2, -0.15) is 5.26 Å². The summed E-state index contributed by atoms with van der Waals surface area (Å²) in [5, 5.41) is 8.57. The summed E-state index contributed by atoms with van der Waals surface area (Å²) in [5.74, 6) is 0. The van der Waals surface area contributed by atoms with Crippen LogP contribution in [0.5, 0.6) is 0 Å². The first-order valence-corrected chi connectivity index (χ1v) is 3.96. The molecule has 2 rings (SSSR count). The van der Waals surface area contributed by atoms with Gasteiger partial charge in [0.25, 0.3) is 0 Å². The molecule has 11 heavy (non-hydrogen) atoms. The topological polar surface area (TPSA) is 45.5 Å². The molecule has 0 aliphatic carbocycles. The number of hydrogen-bond donors (Lipinski definition) is 0. The minimum atomic E-state index is -0.286. The van der Waals surface area contributed by atoms with Gasteiger partial charge < -0.3 is 9.47 Å². The van der Waals surface area contributed by atoms with Crippen LogP contribution in [0.3, 0.4) is 0 Å².